The molecule has 0 fully saturated rings. The van der Waals surface area contributed by atoms with Crippen LogP contribution in [0.25, 0.3) is 0 Å². The highest BCUT2D eigenvalue weighted by molar-refractivity contribution is 5.38. The summed E-state index contributed by atoms with van der Waals surface area (Å²) in [4.78, 5) is 11.8. The largest absolute Gasteiger partial charge is 0.384 e. The van der Waals surface area contributed by atoms with Gasteiger partial charge in [0.2, 0.25) is 0 Å². The van der Waals surface area contributed by atoms with Gasteiger partial charge in [-0.05, 0) is 12.5 Å². The molecule has 4 nitrogen and oxygen atoms in total. The molecule has 1 aromatic heterocycles. The summed E-state index contributed by atoms with van der Waals surface area (Å²) in [6.07, 6.45) is 2.45. The van der Waals surface area contributed by atoms with Gasteiger partial charge in [-0.15, -0.1) is 0 Å². The predicted molar refractivity (Wildman–Crippen MR) is 72.7 cm³/mol. The zero-order valence-corrected chi connectivity index (χ0v) is 11.1. The van der Waals surface area contributed by atoms with Gasteiger partial charge in [-0.3, -0.25) is 4.79 Å². The Hall–Kier alpha value is -2.24. The van der Waals surface area contributed by atoms with E-state index in [9.17, 15) is 13.6 Å². The molecule has 1 heterocycles. The Labute approximate surface area is 115 Å². The van der Waals surface area contributed by atoms with Crippen LogP contribution in [0.1, 0.15) is 18.9 Å². The van der Waals surface area contributed by atoms with E-state index in [2.05, 4.69) is 10.4 Å². The van der Waals surface area contributed by atoms with Gasteiger partial charge in [0, 0.05) is 24.2 Å². The molecule has 0 saturated heterocycles. The molecule has 20 heavy (non-hydrogen) atoms. The predicted octanol–water partition coefficient (Wildman–Crippen LogP) is 2.39. The molecule has 0 radical (unpaired) electrons. The van der Waals surface area contributed by atoms with Crippen molar-refractivity contribution in [3.8, 4) is 0 Å². The van der Waals surface area contributed by atoms with Crippen molar-refractivity contribution in [2.75, 3.05) is 11.9 Å². The fraction of sp³-hybridized carbons (Fsp3) is 0.286. The third-order valence-corrected chi connectivity index (χ3v) is 2.78. The molecule has 0 aliphatic heterocycles. The van der Waals surface area contributed by atoms with E-state index in [1.165, 1.54) is 18.3 Å². The second-order valence-corrected chi connectivity index (χ2v) is 4.40. The molecule has 2 aromatic rings. The van der Waals surface area contributed by atoms with Crippen molar-refractivity contribution in [3.05, 3.63) is 58.0 Å². The van der Waals surface area contributed by atoms with Crippen LogP contribution in [0.3, 0.4) is 0 Å². The quantitative estimate of drug-likeness (QED) is 0.914. The average molecular weight is 279 g/mol. The van der Waals surface area contributed by atoms with Crippen LogP contribution in [0.2, 0.25) is 0 Å². The van der Waals surface area contributed by atoms with Crippen molar-refractivity contribution in [1.82, 2.24) is 9.78 Å². The molecule has 0 saturated carbocycles. The van der Waals surface area contributed by atoms with Gasteiger partial charge in [-0.25, -0.2) is 13.5 Å². The molecule has 0 aliphatic carbocycles. The Morgan fingerprint density at radius 3 is 2.75 bits per heavy atom. The Morgan fingerprint density at radius 2 is 2.10 bits per heavy atom. The molecule has 0 bridgehead atoms. The summed E-state index contributed by atoms with van der Waals surface area (Å²) in [6.45, 7) is 2.73. The fourth-order valence-corrected chi connectivity index (χ4v) is 1.73. The van der Waals surface area contributed by atoms with Gasteiger partial charge >= 0.3 is 0 Å². The molecular weight excluding hydrogens is 264 g/mol. The van der Waals surface area contributed by atoms with Gasteiger partial charge in [0.25, 0.3) is 5.56 Å². The number of halogens is 2. The van der Waals surface area contributed by atoms with Crippen molar-refractivity contribution in [1.29, 1.82) is 0 Å². The Kier molecular flexibility index (Phi) is 4.45. The average Bonchev–Trinajstić information content (AvgIpc) is 2.42. The molecule has 6 heteroatoms. The standard InChI is InChI=1S/C14H15F2N3O/c1-2-5-17-12-7-14(20)19(18-8-12)9-10-3-4-11(15)6-13(10)16/h3-4,6-8,17H,2,5,9H2,1H3. The van der Waals surface area contributed by atoms with E-state index in [1.54, 1.807) is 0 Å². The highest BCUT2D eigenvalue weighted by atomic mass is 19.1. The van der Waals surface area contributed by atoms with Crippen molar-refractivity contribution >= 4 is 5.69 Å². The van der Waals surface area contributed by atoms with E-state index in [0.29, 0.717) is 5.69 Å². The molecule has 0 atom stereocenters. The first kappa shape index (κ1) is 14.2. The number of hydrogen-bond acceptors (Lipinski definition) is 3. The first-order chi connectivity index (χ1) is 9.60. The summed E-state index contributed by atoms with van der Waals surface area (Å²) in [7, 11) is 0. The number of hydrogen-bond donors (Lipinski definition) is 1. The highest BCUT2D eigenvalue weighted by Crippen LogP contribution is 2.10. The van der Waals surface area contributed by atoms with Crippen LogP contribution in [-0.2, 0) is 6.54 Å². The maximum atomic E-state index is 13.5. The lowest BCUT2D eigenvalue weighted by molar-refractivity contribution is 0.551. The van der Waals surface area contributed by atoms with Crippen molar-refractivity contribution < 1.29 is 8.78 Å². The lowest BCUT2D eigenvalue weighted by Gasteiger charge is -2.08. The minimum absolute atomic E-state index is 0.0288. The van der Waals surface area contributed by atoms with E-state index < -0.39 is 11.6 Å². The van der Waals surface area contributed by atoms with E-state index in [0.717, 1.165) is 29.8 Å². The van der Waals surface area contributed by atoms with Crippen molar-refractivity contribution in [3.63, 3.8) is 0 Å². The first-order valence-corrected chi connectivity index (χ1v) is 6.35. The van der Waals surface area contributed by atoms with Crippen molar-refractivity contribution in [2.24, 2.45) is 0 Å². The van der Waals surface area contributed by atoms with Gasteiger partial charge in [-0.2, -0.15) is 5.10 Å². The number of benzene rings is 1. The maximum absolute atomic E-state index is 13.5. The number of nitrogens with zero attached hydrogens (tertiary/aromatic N) is 2. The van der Waals surface area contributed by atoms with Gasteiger partial charge in [0.1, 0.15) is 11.6 Å². The summed E-state index contributed by atoms with van der Waals surface area (Å²) < 4.78 is 27.5. The molecule has 0 spiro atoms. The molecule has 106 valence electrons. The van der Waals surface area contributed by atoms with Gasteiger partial charge in [-0.1, -0.05) is 13.0 Å². The summed E-state index contributed by atoms with van der Waals surface area (Å²) in [5.41, 5.74) is 0.512. The Morgan fingerprint density at radius 1 is 1.30 bits per heavy atom. The van der Waals surface area contributed by atoms with Crippen LogP contribution in [-0.4, -0.2) is 16.3 Å². The molecule has 1 N–H and O–H groups in total. The monoisotopic (exact) mass is 279 g/mol. The van der Waals surface area contributed by atoms with E-state index in [4.69, 9.17) is 0 Å². The van der Waals surface area contributed by atoms with Gasteiger partial charge in [0.05, 0.1) is 18.4 Å². The molecule has 2 rings (SSSR count). The second-order valence-electron chi connectivity index (χ2n) is 4.40. The van der Waals surface area contributed by atoms with Crippen LogP contribution < -0.4 is 10.9 Å². The molecule has 0 amide bonds. The second kappa shape index (κ2) is 6.27. The Bertz CT molecular complexity index is 655. The minimum atomic E-state index is -0.688. The van der Waals surface area contributed by atoms with Crippen LogP contribution in [0, 0.1) is 11.6 Å². The lowest BCUT2D eigenvalue weighted by atomic mass is 10.2. The van der Waals surface area contributed by atoms with Crippen LogP contribution >= 0.6 is 0 Å². The van der Waals surface area contributed by atoms with Gasteiger partial charge in [0.15, 0.2) is 0 Å². The molecule has 0 unspecified atom stereocenters. The lowest BCUT2D eigenvalue weighted by Crippen LogP contribution is -2.23. The number of anilines is 1. The summed E-state index contributed by atoms with van der Waals surface area (Å²) in [5, 5.41) is 7.02. The third kappa shape index (κ3) is 3.40. The number of aromatic nitrogens is 2. The minimum Gasteiger partial charge on any atom is -0.384 e. The normalized spacial score (nSPS) is 10.6. The summed E-state index contributed by atoms with van der Waals surface area (Å²) >= 11 is 0. The van der Waals surface area contributed by atoms with Crippen LogP contribution in [0.5, 0.6) is 0 Å². The Balaban J connectivity index is 2.19. The molecular formula is C14H15F2N3O. The SMILES string of the molecule is CCCNc1cnn(Cc2ccc(F)cc2F)c(=O)c1. The van der Waals surface area contributed by atoms with Crippen molar-refractivity contribution in [2.45, 2.75) is 19.9 Å². The van der Waals surface area contributed by atoms with E-state index >= 15 is 0 Å². The summed E-state index contributed by atoms with van der Waals surface area (Å²) in [6, 6.07) is 4.66. The maximum Gasteiger partial charge on any atom is 0.269 e. The van der Waals surface area contributed by atoms with E-state index in [-0.39, 0.29) is 17.7 Å². The topological polar surface area (TPSA) is 46.9 Å². The third-order valence-electron chi connectivity index (χ3n) is 2.78. The molecule has 1 aromatic carbocycles. The molecule has 0 aliphatic rings. The zero-order chi connectivity index (χ0) is 14.5. The first-order valence-electron chi connectivity index (χ1n) is 6.35. The number of rotatable bonds is 5. The van der Waals surface area contributed by atoms with E-state index in [1.807, 2.05) is 6.92 Å². The number of nitrogens with one attached hydrogen (secondary N) is 1. The zero-order valence-electron chi connectivity index (χ0n) is 11.1. The van der Waals surface area contributed by atoms with Crippen LogP contribution in [0.4, 0.5) is 14.5 Å². The summed E-state index contributed by atoms with van der Waals surface area (Å²) in [5.74, 6) is -1.34. The van der Waals surface area contributed by atoms with Crippen LogP contribution in [0.15, 0.2) is 35.3 Å². The smallest absolute Gasteiger partial charge is 0.269 e. The van der Waals surface area contributed by atoms with Gasteiger partial charge < -0.3 is 5.32 Å². The fourth-order valence-electron chi connectivity index (χ4n) is 1.73. The highest BCUT2D eigenvalue weighted by Gasteiger charge is 2.07.